The molecule has 0 heterocycles. The van der Waals surface area contributed by atoms with Gasteiger partial charge < -0.3 is 15.8 Å². The third-order valence-corrected chi connectivity index (χ3v) is 2.66. The minimum absolute atomic E-state index is 0.324. The third-order valence-electron chi connectivity index (χ3n) is 2.66. The fourth-order valence-corrected chi connectivity index (χ4v) is 1.96. The van der Waals surface area contributed by atoms with Gasteiger partial charge >= 0.3 is 6.03 Å². The predicted octanol–water partition coefficient (Wildman–Crippen LogP) is 1.74. The highest BCUT2D eigenvalue weighted by Gasteiger charge is 2.21. The van der Waals surface area contributed by atoms with E-state index in [-0.39, 0.29) is 5.96 Å². The highest BCUT2D eigenvalue weighted by Crippen LogP contribution is 2.29. The first-order valence-corrected chi connectivity index (χ1v) is 6.02. The van der Waals surface area contributed by atoms with E-state index in [0.29, 0.717) is 12.3 Å². The first kappa shape index (κ1) is 14.8. The number of carbonyl (C=O) groups is 1. The summed E-state index contributed by atoms with van der Waals surface area (Å²) in [5.41, 5.74) is 7.75. The summed E-state index contributed by atoms with van der Waals surface area (Å²) in [6, 6.07) is 3.21. The van der Waals surface area contributed by atoms with E-state index in [4.69, 9.17) is 15.9 Å². The fourth-order valence-electron chi connectivity index (χ4n) is 1.96. The Bertz CT molecular complexity index is 476. The van der Waals surface area contributed by atoms with Crippen LogP contribution in [0.25, 0.3) is 0 Å². The molecule has 0 saturated heterocycles. The van der Waals surface area contributed by atoms with Gasteiger partial charge in [0.15, 0.2) is 0 Å². The number of carbonyl (C=O) groups excluding carboxylic acids is 1. The van der Waals surface area contributed by atoms with Crippen molar-refractivity contribution in [1.82, 2.24) is 5.32 Å². The molecule has 6 heteroatoms. The Hall–Kier alpha value is -2.24. The van der Waals surface area contributed by atoms with Gasteiger partial charge in [-0.05, 0) is 44.0 Å². The highest BCUT2D eigenvalue weighted by molar-refractivity contribution is 6.14. The van der Waals surface area contributed by atoms with Gasteiger partial charge in [-0.3, -0.25) is 5.41 Å². The highest BCUT2D eigenvalue weighted by atomic mass is 16.5. The topological polar surface area (TPSA) is 91.4 Å². The zero-order valence-corrected chi connectivity index (χ0v) is 11.7. The quantitative estimate of drug-likeness (QED) is 0.573. The molecule has 0 saturated carbocycles. The minimum Gasteiger partial charge on any atom is -0.494 e. The Morgan fingerprint density at radius 3 is 2.32 bits per heavy atom. The number of amides is 2. The molecule has 0 radical (unpaired) electrons. The number of guanidine groups is 1. The van der Waals surface area contributed by atoms with Gasteiger partial charge in [0, 0.05) is 7.05 Å². The molecule has 0 fully saturated rings. The summed E-state index contributed by atoms with van der Waals surface area (Å²) in [6.45, 7) is 6.18. The second-order valence-electron chi connectivity index (χ2n) is 4.11. The SMILES string of the molecule is CCOc1cc(C)c(N(C(=N)N)C(=O)NC)c(C)c1. The molecule has 0 aromatic heterocycles. The third kappa shape index (κ3) is 3.15. The van der Waals surface area contributed by atoms with Crippen LogP contribution < -0.4 is 20.7 Å². The van der Waals surface area contributed by atoms with E-state index in [1.165, 1.54) is 7.05 Å². The molecular weight excluding hydrogens is 244 g/mol. The zero-order valence-electron chi connectivity index (χ0n) is 11.7. The fraction of sp³-hybridized carbons (Fsp3) is 0.385. The van der Waals surface area contributed by atoms with Crippen LogP contribution in [0.3, 0.4) is 0 Å². The van der Waals surface area contributed by atoms with Crippen LogP contribution in [0, 0.1) is 19.3 Å². The van der Waals surface area contributed by atoms with E-state index >= 15 is 0 Å². The normalized spacial score (nSPS) is 9.89. The summed E-state index contributed by atoms with van der Waals surface area (Å²) in [5.74, 6) is 0.413. The average molecular weight is 264 g/mol. The van der Waals surface area contributed by atoms with Gasteiger partial charge in [-0.25, -0.2) is 9.69 Å². The predicted molar refractivity (Wildman–Crippen MR) is 75.9 cm³/mol. The molecule has 19 heavy (non-hydrogen) atoms. The molecular formula is C13H20N4O2. The number of nitrogens with two attached hydrogens (primary N) is 1. The first-order valence-electron chi connectivity index (χ1n) is 6.02. The Labute approximate surface area is 113 Å². The van der Waals surface area contributed by atoms with Crippen molar-refractivity contribution in [3.63, 3.8) is 0 Å². The summed E-state index contributed by atoms with van der Waals surface area (Å²) >= 11 is 0. The molecule has 0 aliphatic carbocycles. The largest absolute Gasteiger partial charge is 0.494 e. The lowest BCUT2D eigenvalue weighted by atomic mass is 10.1. The molecule has 4 N–H and O–H groups in total. The van der Waals surface area contributed by atoms with Gasteiger partial charge in [-0.15, -0.1) is 0 Å². The summed E-state index contributed by atoms with van der Waals surface area (Å²) in [4.78, 5) is 13.0. The van der Waals surface area contributed by atoms with Crippen molar-refractivity contribution < 1.29 is 9.53 Å². The number of ether oxygens (including phenoxy) is 1. The van der Waals surface area contributed by atoms with Crippen molar-refractivity contribution in [3.8, 4) is 5.75 Å². The van der Waals surface area contributed by atoms with Crippen LogP contribution >= 0.6 is 0 Å². The minimum atomic E-state index is -0.442. The number of hydrogen-bond donors (Lipinski definition) is 3. The van der Waals surface area contributed by atoms with Crippen LogP contribution in [0.15, 0.2) is 12.1 Å². The van der Waals surface area contributed by atoms with Gasteiger partial charge in [0.1, 0.15) is 5.75 Å². The summed E-state index contributed by atoms with van der Waals surface area (Å²) in [6.07, 6.45) is 0. The van der Waals surface area contributed by atoms with Crippen LogP contribution in [0.1, 0.15) is 18.1 Å². The van der Waals surface area contributed by atoms with Crippen LogP contribution in [0.2, 0.25) is 0 Å². The second-order valence-corrected chi connectivity index (χ2v) is 4.11. The number of nitrogens with zero attached hydrogens (tertiary/aromatic N) is 1. The second kappa shape index (κ2) is 6.08. The van der Waals surface area contributed by atoms with Crippen LogP contribution in [0.4, 0.5) is 10.5 Å². The molecule has 0 atom stereocenters. The number of aryl methyl sites for hydroxylation is 2. The standard InChI is InChI=1S/C13H20N4O2/c1-5-19-10-6-8(2)11(9(3)7-10)17(12(14)15)13(18)16-4/h6-7H,5H2,1-4H3,(H3,14,15)(H,16,18). The van der Waals surface area contributed by atoms with Crippen molar-refractivity contribution >= 4 is 17.7 Å². The molecule has 0 spiro atoms. The van der Waals surface area contributed by atoms with E-state index < -0.39 is 6.03 Å². The van der Waals surface area contributed by atoms with Crippen molar-refractivity contribution in [1.29, 1.82) is 5.41 Å². The zero-order chi connectivity index (χ0) is 14.6. The van der Waals surface area contributed by atoms with Crippen molar-refractivity contribution in [3.05, 3.63) is 23.3 Å². The monoisotopic (exact) mass is 264 g/mol. The number of urea groups is 1. The van der Waals surface area contributed by atoms with Crippen LogP contribution in [-0.2, 0) is 0 Å². The molecule has 0 bridgehead atoms. The summed E-state index contributed by atoms with van der Waals surface area (Å²) in [7, 11) is 1.50. The maximum atomic E-state index is 11.8. The van der Waals surface area contributed by atoms with Gasteiger partial charge in [0.2, 0.25) is 5.96 Å². The number of nitrogens with one attached hydrogen (secondary N) is 2. The molecule has 0 aliphatic heterocycles. The smallest absolute Gasteiger partial charge is 0.328 e. The Morgan fingerprint density at radius 1 is 1.42 bits per heavy atom. The molecule has 6 nitrogen and oxygen atoms in total. The van der Waals surface area contributed by atoms with Gasteiger partial charge in [-0.1, -0.05) is 0 Å². The summed E-state index contributed by atoms with van der Waals surface area (Å²) in [5, 5.41) is 10.0. The number of hydrogen-bond acceptors (Lipinski definition) is 3. The van der Waals surface area contributed by atoms with Gasteiger partial charge in [0.05, 0.1) is 12.3 Å². The molecule has 0 unspecified atom stereocenters. The summed E-state index contributed by atoms with van der Waals surface area (Å²) < 4.78 is 5.45. The van der Waals surface area contributed by atoms with E-state index in [1.54, 1.807) is 0 Å². The molecule has 1 rings (SSSR count). The maximum Gasteiger partial charge on any atom is 0.328 e. The Balaban J connectivity index is 3.32. The lowest BCUT2D eigenvalue weighted by molar-refractivity contribution is 0.251. The van der Waals surface area contributed by atoms with Crippen LogP contribution in [0.5, 0.6) is 5.75 Å². The molecule has 1 aromatic rings. The van der Waals surface area contributed by atoms with E-state index in [9.17, 15) is 4.79 Å². The van der Waals surface area contributed by atoms with E-state index in [1.807, 2.05) is 32.9 Å². The molecule has 2 amide bonds. The van der Waals surface area contributed by atoms with E-state index in [0.717, 1.165) is 21.8 Å². The average Bonchev–Trinajstić information content (AvgIpc) is 2.32. The van der Waals surface area contributed by atoms with Crippen molar-refractivity contribution in [2.45, 2.75) is 20.8 Å². The molecule has 104 valence electrons. The Kier molecular flexibility index (Phi) is 4.74. The molecule has 1 aromatic carbocycles. The number of rotatable bonds is 3. The lowest BCUT2D eigenvalue weighted by Crippen LogP contribution is -2.46. The lowest BCUT2D eigenvalue weighted by Gasteiger charge is -2.24. The van der Waals surface area contributed by atoms with E-state index in [2.05, 4.69) is 5.32 Å². The number of anilines is 1. The van der Waals surface area contributed by atoms with Crippen molar-refractivity contribution in [2.24, 2.45) is 5.73 Å². The maximum absolute atomic E-state index is 11.8. The van der Waals surface area contributed by atoms with Crippen molar-refractivity contribution in [2.75, 3.05) is 18.6 Å². The van der Waals surface area contributed by atoms with Gasteiger partial charge in [0.25, 0.3) is 0 Å². The molecule has 0 aliphatic rings. The number of benzene rings is 1. The van der Waals surface area contributed by atoms with Gasteiger partial charge in [-0.2, -0.15) is 0 Å². The Morgan fingerprint density at radius 2 is 1.95 bits per heavy atom. The first-order chi connectivity index (χ1) is 8.92. The van der Waals surface area contributed by atoms with Crippen LogP contribution in [-0.4, -0.2) is 25.6 Å².